The Balaban J connectivity index is 2.45. The Kier molecular flexibility index (Phi) is 5.71. The number of carboxylic acids is 1. The minimum absolute atomic E-state index is 0.00869. The van der Waals surface area contributed by atoms with Crippen molar-refractivity contribution in [1.29, 1.82) is 0 Å². The number of carboxylic acid groups (broad SMARTS) is 1. The third-order valence-electron chi connectivity index (χ3n) is 2.72. The van der Waals surface area contributed by atoms with E-state index in [9.17, 15) is 14.4 Å². The second-order valence-corrected chi connectivity index (χ2v) is 4.57. The van der Waals surface area contributed by atoms with E-state index in [1.165, 1.54) is 6.92 Å². The van der Waals surface area contributed by atoms with Gasteiger partial charge < -0.3 is 15.7 Å². The van der Waals surface area contributed by atoms with Crippen LogP contribution in [0.3, 0.4) is 0 Å². The molecule has 0 aromatic heterocycles. The molecule has 108 valence electrons. The van der Waals surface area contributed by atoms with Crippen LogP contribution in [0, 0.1) is 0 Å². The predicted octanol–water partition coefficient (Wildman–Crippen LogP) is 2.26. The lowest BCUT2D eigenvalue weighted by Crippen LogP contribution is -2.36. The highest BCUT2D eigenvalue weighted by Crippen LogP contribution is 2.10. The maximum absolute atomic E-state index is 11.6. The van der Waals surface area contributed by atoms with Gasteiger partial charge in [0.25, 0.3) is 0 Å². The van der Waals surface area contributed by atoms with Gasteiger partial charge in [0.1, 0.15) is 0 Å². The maximum Gasteiger partial charge on any atom is 0.319 e. The number of urea groups is 1. The Morgan fingerprint density at radius 1 is 1.20 bits per heavy atom. The number of hydrogen-bond donors (Lipinski definition) is 3. The lowest BCUT2D eigenvalue weighted by atomic mass is 10.1. The first-order valence-electron chi connectivity index (χ1n) is 6.29. The standard InChI is InChI=1S/C14H18N2O4/c1-9(3-8-13(18)19)15-14(20)16-12-6-4-11(5-7-12)10(2)17/h4-7,9H,3,8H2,1-2H3,(H,18,19)(H2,15,16,20). The van der Waals surface area contributed by atoms with Crippen molar-refractivity contribution in [3.8, 4) is 0 Å². The Bertz CT molecular complexity index is 496. The van der Waals surface area contributed by atoms with Gasteiger partial charge in [-0.25, -0.2) is 4.79 Å². The zero-order valence-electron chi connectivity index (χ0n) is 11.5. The summed E-state index contributed by atoms with van der Waals surface area (Å²) in [5.74, 6) is -0.929. The number of amides is 2. The highest BCUT2D eigenvalue weighted by atomic mass is 16.4. The van der Waals surface area contributed by atoms with Crippen LogP contribution in [0.4, 0.5) is 10.5 Å². The molecule has 0 spiro atoms. The molecule has 0 aliphatic heterocycles. The number of nitrogens with one attached hydrogen (secondary N) is 2. The molecule has 0 radical (unpaired) electrons. The predicted molar refractivity (Wildman–Crippen MR) is 74.9 cm³/mol. The van der Waals surface area contributed by atoms with Gasteiger partial charge in [0.15, 0.2) is 5.78 Å². The summed E-state index contributed by atoms with van der Waals surface area (Å²) in [7, 11) is 0. The van der Waals surface area contributed by atoms with Crippen molar-refractivity contribution in [2.24, 2.45) is 0 Å². The van der Waals surface area contributed by atoms with Crippen molar-refractivity contribution >= 4 is 23.5 Å². The number of hydrogen-bond acceptors (Lipinski definition) is 3. The van der Waals surface area contributed by atoms with Gasteiger partial charge in [-0.05, 0) is 44.5 Å². The van der Waals surface area contributed by atoms with E-state index in [0.717, 1.165) is 0 Å². The maximum atomic E-state index is 11.6. The first kappa shape index (κ1) is 15.7. The monoisotopic (exact) mass is 278 g/mol. The molecule has 1 aromatic rings. The SMILES string of the molecule is CC(=O)c1ccc(NC(=O)NC(C)CCC(=O)O)cc1. The molecule has 1 rings (SSSR count). The lowest BCUT2D eigenvalue weighted by molar-refractivity contribution is -0.137. The molecule has 0 aliphatic rings. The van der Waals surface area contributed by atoms with E-state index < -0.39 is 12.0 Å². The molecule has 0 aliphatic carbocycles. The Hall–Kier alpha value is -2.37. The van der Waals surface area contributed by atoms with Gasteiger partial charge in [0.2, 0.25) is 0 Å². The van der Waals surface area contributed by atoms with Crippen molar-refractivity contribution in [3.63, 3.8) is 0 Å². The molecule has 0 fully saturated rings. The minimum Gasteiger partial charge on any atom is -0.481 e. The summed E-state index contributed by atoms with van der Waals surface area (Å²) in [5.41, 5.74) is 1.14. The van der Waals surface area contributed by atoms with Crippen LogP contribution in [0.5, 0.6) is 0 Å². The lowest BCUT2D eigenvalue weighted by Gasteiger charge is -2.13. The third-order valence-corrected chi connectivity index (χ3v) is 2.72. The van der Waals surface area contributed by atoms with E-state index in [1.54, 1.807) is 31.2 Å². The van der Waals surface area contributed by atoms with Crippen LogP contribution in [0.15, 0.2) is 24.3 Å². The van der Waals surface area contributed by atoms with Crippen LogP contribution >= 0.6 is 0 Å². The van der Waals surface area contributed by atoms with E-state index in [4.69, 9.17) is 5.11 Å². The fraction of sp³-hybridized carbons (Fsp3) is 0.357. The summed E-state index contributed by atoms with van der Waals surface area (Å²) in [6.07, 6.45) is 0.376. The Labute approximate surface area is 117 Å². The van der Waals surface area contributed by atoms with E-state index in [0.29, 0.717) is 17.7 Å². The molecule has 1 aromatic carbocycles. The summed E-state index contributed by atoms with van der Waals surface area (Å²) in [4.78, 5) is 33.2. The summed E-state index contributed by atoms with van der Waals surface area (Å²) in [6, 6.07) is 5.90. The van der Waals surface area contributed by atoms with E-state index in [2.05, 4.69) is 10.6 Å². The van der Waals surface area contributed by atoms with Crippen molar-refractivity contribution in [1.82, 2.24) is 5.32 Å². The van der Waals surface area contributed by atoms with E-state index in [1.807, 2.05) is 0 Å². The van der Waals surface area contributed by atoms with E-state index >= 15 is 0 Å². The first-order valence-corrected chi connectivity index (χ1v) is 6.29. The summed E-state index contributed by atoms with van der Waals surface area (Å²) in [5, 5.41) is 13.8. The van der Waals surface area contributed by atoms with Crippen LogP contribution in [0.25, 0.3) is 0 Å². The number of Topliss-reactive ketones (excluding diaryl/α,β-unsaturated/α-hetero) is 1. The van der Waals surface area contributed by atoms with Gasteiger partial charge in [-0.15, -0.1) is 0 Å². The van der Waals surface area contributed by atoms with Crippen LogP contribution in [-0.2, 0) is 4.79 Å². The summed E-state index contributed by atoms with van der Waals surface area (Å²) >= 11 is 0. The van der Waals surface area contributed by atoms with Gasteiger partial charge in [-0.1, -0.05) is 0 Å². The van der Waals surface area contributed by atoms with Crippen LogP contribution < -0.4 is 10.6 Å². The Morgan fingerprint density at radius 3 is 2.30 bits per heavy atom. The number of carbonyl (C=O) groups is 3. The van der Waals surface area contributed by atoms with Gasteiger partial charge >= 0.3 is 12.0 Å². The Morgan fingerprint density at radius 2 is 1.80 bits per heavy atom. The normalized spacial score (nSPS) is 11.5. The molecule has 0 bridgehead atoms. The highest BCUT2D eigenvalue weighted by molar-refractivity contribution is 5.95. The smallest absolute Gasteiger partial charge is 0.319 e. The molecule has 0 heterocycles. The molecular formula is C14H18N2O4. The molecule has 20 heavy (non-hydrogen) atoms. The van der Waals surface area contributed by atoms with Gasteiger partial charge in [-0.2, -0.15) is 0 Å². The molecule has 6 nitrogen and oxygen atoms in total. The molecule has 1 unspecified atom stereocenters. The topological polar surface area (TPSA) is 95.5 Å². The zero-order valence-corrected chi connectivity index (χ0v) is 11.5. The van der Waals surface area contributed by atoms with Crippen LogP contribution in [0.2, 0.25) is 0 Å². The third kappa shape index (κ3) is 5.51. The van der Waals surface area contributed by atoms with E-state index in [-0.39, 0.29) is 18.2 Å². The first-order chi connectivity index (χ1) is 9.38. The zero-order chi connectivity index (χ0) is 15.1. The summed E-state index contributed by atoms with van der Waals surface area (Å²) in [6.45, 7) is 3.21. The van der Waals surface area contributed by atoms with Crippen LogP contribution in [0.1, 0.15) is 37.0 Å². The number of anilines is 1. The van der Waals surface area contributed by atoms with Gasteiger partial charge in [0, 0.05) is 23.7 Å². The second-order valence-electron chi connectivity index (χ2n) is 4.57. The molecule has 0 saturated heterocycles. The molecule has 3 N–H and O–H groups in total. The van der Waals surface area contributed by atoms with Crippen molar-refractivity contribution < 1.29 is 19.5 Å². The van der Waals surface area contributed by atoms with Crippen LogP contribution in [-0.4, -0.2) is 28.9 Å². The number of aliphatic carboxylic acids is 1. The largest absolute Gasteiger partial charge is 0.481 e. The fourth-order valence-electron chi connectivity index (χ4n) is 1.59. The second kappa shape index (κ2) is 7.28. The van der Waals surface area contributed by atoms with Crippen molar-refractivity contribution in [2.45, 2.75) is 32.7 Å². The molecule has 1 atom stereocenters. The quantitative estimate of drug-likeness (QED) is 0.695. The molecule has 2 amide bonds. The molecular weight excluding hydrogens is 260 g/mol. The van der Waals surface area contributed by atoms with Crippen molar-refractivity contribution in [2.75, 3.05) is 5.32 Å². The fourth-order valence-corrected chi connectivity index (χ4v) is 1.59. The van der Waals surface area contributed by atoms with Gasteiger partial charge in [0.05, 0.1) is 0 Å². The van der Waals surface area contributed by atoms with Gasteiger partial charge in [-0.3, -0.25) is 9.59 Å². The highest BCUT2D eigenvalue weighted by Gasteiger charge is 2.09. The average Bonchev–Trinajstić information content (AvgIpc) is 2.36. The number of rotatable bonds is 6. The minimum atomic E-state index is -0.890. The number of benzene rings is 1. The molecule has 6 heteroatoms. The molecule has 0 saturated carbocycles. The van der Waals surface area contributed by atoms with Crippen molar-refractivity contribution in [3.05, 3.63) is 29.8 Å². The average molecular weight is 278 g/mol. The number of ketones is 1. The summed E-state index contributed by atoms with van der Waals surface area (Å²) < 4.78 is 0. The number of carbonyl (C=O) groups excluding carboxylic acids is 2.